The lowest BCUT2D eigenvalue weighted by Gasteiger charge is -2.18. The van der Waals surface area contributed by atoms with E-state index < -0.39 is 6.10 Å². The molecule has 0 amide bonds. The van der Waals surface area contributed by atoms with Crippen molar-refractivity contribution in [2.45, 2.75) is 322 Å². The fourth-order valence-corrected chi connectivity index (χ4v) is 8.55. The van der Waals surface area contributed by atoms with Gasteiger partial charge in [0.2, 0.25) is 0 Å². The fraction of sp³-hybridized carbons (Fsp3) is 0.881. The average molecular weight is 916 g/mol. The monoisotopic (exact) mass is 915 g/mol. The zero-order chi connectivity index (χ0) is 47.2. The number of rotatable bonds is 53. The van der Waals surface area contributed by atoms with Gasteiger partial charge in [0.1, 0.15) is 13.2 Å². The predicted molar refractivity (Wildman–Crippen MR) is 279 cm³/mol. The second kappa shape index (κ2) is 54.5. The van der Waals surface area contributed by atoms with E-state index >= 15 is 0 Å². The second-order valence-corrected chi connectivity index (χ2v) is 19.6. The lowest BCUT2D eigenvalue weighted by Crippen LogP contribution is -2.30. The molecular formula is C59H110O6. The number of hydrogen-bond donors (Lipinski definition) is 0. The van der Waals surface area contributed by atoms with Crippen LogP contribution in [0.3, 0.4) is 0 Å². The van der Waals surface area contributed by atoms with Crippen molar-refractivity contribution >= 4 is 17.9 Å². The molecule has 0 radical (unpaired) electrons. The summed E-state index contributed by atoms with van der Waals surface area (Å²) in [7, 11) is 0. The van der Waals surface area contributed by atoms with Gasteiger partial charge in [-0.25, -0.2) is 0 Å². The molecule has 0 rings (SSSR count). The summed E-state index contributed by atoms with van der Waals surface area (Å²) in [6.45, 7) is 6.66. The second-order valence-electron chi connectivity index (χ2n) is 19.6. The van der Waals surface area contributed by atoms with Crippen LogP contribution in [0.1, 0.15) is 316 Å². The minimum atomic E-state index is -0.776. The Bertz CT molecular complexity index is 1050. The van der Waals surface area contributed by atoms with Gasteiger partial charge in [0.25, 0.3) is 0 Å². The summed E-state index contributed by atoms with van der Waals surface area (Å²) in [4.78, 5) is 38.1. The molecule has 0 aromatic carbocycles. The van der Waals surface area contributed by atoms with Crippen molar-refractivity contribution in [2.24, 2.45) is 0 Å². The van der Waals surface area contributed by atoms with Gasteiger partial charge in [-0.3, -0.25) is 14.4 Å². The third-order valence-electron chi connectivity index (χ3n) is 12.9. The SMILES string of the molecule is CCCCCCCC/C=C\CCCCCC(=O)OCC(COC(=O)CCCCCCC/C=C\CCCCCCCCCCC)OC(=O)CCCCCCCCCCCCCCCCCC. The first kappa shape index (κ1) is 62.9. The van der Waals surface area contributed by atoms with E-state index in [1.165, 1.54) is 199 Å². The Labute approximate surface area is 404 Å². The van der Waals surface area contributed by atoms with Crippen LogP contribution >= 0.6 is 0 Å². The Hall–Kier alpha value is -2.11. The van der Waals surface area contributed by atoms with Crippen molar-refractivity contribution in [3.05, 3.63) is 24.3 Å². The zero-order valence-electron chi connectivity index (χ0n) is 43.8. The number of carbonyl (C=O) groups is 3. The van der Waals surface area contributed by atoms with Crippen molar-refractivity contribution in [3.63, 3.8) is 0 Å². The van der Waals surface area contributed by atoms with Crippen LogP contribution in [0.25, 0.3) is 0 Å². The standard InChI is InChI=1S/C59H110O6/c1-4-7-10-13-16-19-22-25-27-29-30-32-34-37-40-43-46-49-52-58(61)64-55-56(54-63-57(60)51-48-45-42-39-36-33-24-21-18-15-12-9-6-3)65-59(62)53-50-47-44-41-38-35-31-28-26-23-20-17-14-11-8-5-2/h30,32-33,36,56H,4-29,31,34-35,37-55H2,1-3H3/b32-30-,36-33-. The van der Waals surface area contributed by atoms with Crippen LogP contribution in [-0.4, -0.2) is 37.2 Å². The minimum Gasteiger partial charge on any atom is -0.462 e. The molecule has 6 heteroatoms. The summed E-state index contributed by atoms with van der Waals surface area (Å²) in [5.41, 5.74) is 0. The molecule has 65 heavy (non-hydrogen) atoms. The third-order valence-corrected chi connectivity index (χ3v) is 12.9. The number of allylic oxidation sites excluding steroid dienone is 4. The van der Waals surface area contributed by atoms with Gasteiger partial charge < -0.3 is 14.2 Å². The van der Waals surface area contributed by atoms with E-state index in [0.717, 1.165) is 77.0 Å². The summed E-state index contributed by atoms with van der Waals surface area (Å²) < 4.78 is 16.9. The molecule has 0 bridgehead atoms. The van der Waals surface area contributed by atoms with E-state index in [1.807, 2.05) is 0 Å². The molecule has 0 aromatic rings. The molecule has 0 spiro atoms. The maximum atomic E-state index is 12.8. The molecule has 0 aliphatic heterocycles. The molecule has 0 aliphatic carbocycles. The third kappa shape index (κ3) is 52.7. The Kier molecular flexibility index (Phi) is 52.7. The highest BCUT2D eigenvalue weighted by atomic mass is 16.6. The summed E-state index contributed by atoms with van der Waals surface area (Å²) in [5, 5.41) is 0. The van der Waals surface area contributed by atoms with Crippen molar-refractivity contribution < 1.29 is 28.6 Å². The first-order valence-corrected chi connectivity index (χ1v) is 28.8. The van der Waals surface area contributed by atoms with Crippen LogP contribution in [0.2, 0.25) is 0 Å². The molecular weight excluding hydrogens is 805 g/mol. The minimum absolute atomic E-state index is 0.0761. The number of esters is 3. The maximum absolute atomic E-state index is 12.8. The zero-order valence-corrected chi connectivity index (χ0v) is 43.8. The predicted octanol–water partition coefficient (Wildman–Crippen LogP) is 19.1. The van der Waals surface area contributed by atoms with Gasteiger partial charge in [-0.2, -0.15) is 0 Å². The van der Waals surface area contributed by atoms with Crippen molar-refractivity contribution in [2.75, 3.05) is 13.2 Å². The molecule has 1 unspecified atom stereocenters. The van der Waals surface area contributed by atoms with E-state index in [4.69, 9.17) is 14.2 Å². The highest BCUT2D eigenvalue weighted by molar-refractivity contribution is 5.71. The van der Waals surface area contributed by atoms with Crippen LogP contribution in [0.5, 0.6) is 0 Å². The highest BCUT2D eigenvalue weighted by Gasteiger charge is 2.19. The molecule has 1 atom stereocenters. The number of carbonyl (C=O) groups excluding carboxylic acids is 3. The van der Waals surface area contributed by atoms with Gasteiger partial charge in [0.05, 0.1) is 0 Å². The molecule has 0 heterocycles. The van der Waals surface area contributed by atoms with Crippen LogP contribution in [0.15, 0.2) is 24.3 Å². The molecule has 382 valence electrons. The van der Waals surface area contributed by atoms with Gasteiger partial charge in [-0.15, -0.1) is 0 Å². The molecule has 6 nitrogen and oxygen atoms in total. The Balaban J connectivity index is 4.34. The van der Waals surface area contributed by atoms with E-state index in [2.05, 4.69) is 45.1 Å². The van der Waals surface area contributed by atoms with E-state index in [1.54, 1.807) is 0 Å². The average Bonchev–Trinajstić information content (AvgIpc) is 3.30. The summed E-state index contributed by atoms with van der Waals surface area (Å²) in [6, 6.07) is 0. The summed E-state index contributed by atoms with van der Waals surface area (Å²) in [5.74, 6) is -0.880. The maximum Gasteiger partial charge on any atom is 0.306 e. The van der Waals surface area contributed by atoms with Crippen LogP contribution in [0.4, 0.5) is 0 Å². The van der Waals surface area contributed by atoms with Gasteiger partial charge in [0.15, 0.2) is 6.10 Å². The molecule has 0 fully saturated rings. The molecule has 0 aliphatic rings. The van der Waals surface area contributed by atoms with Gasteiger partial charge in [-0.1, -0.05) is 251 Å². The number of unbranched alkanes of at least 4 members (excludes halogenated alkanes) is 38. The summed E-state index contributed by atoms with van der Waals surface area (Å²) >= 11 is 0. The van der Waals surface area contributed by atoms with Gasteiger partial charge in [0, 0.05) is 19.3 Å². The molecule has 0 N–H and O–H groups in total. The van der Waals surface area contributed by atoms with E-state index in [-0.39, 0.29) is 31.1 Å². The van der Waals surface area contributed by atoms with Gasteiger partial charge in [-0.05, 0) is 70.6 Å². The normalized spacial score (nSPS) is 12.1. The lowest BCUT2D eigenvalue weighted by atomic mass is 10.0. The Morgan fingerprint density at radius 3 is 0.785 bits per heavy atom. The first-order chi connectivity index (χ1) is 32.0. The smallest absolute Gasteiger partial charge is 0.306 e. The fourth-order valence-electron chi connectivity index (χ4n) is 8.55. The van der Waals surface area contributed by atoms with Crippen LogP contribution in [-0.2, 0) is 28.6 Å². The molecule has 0 aromatic heterocycles. The van der Waals surface area contributed by atoms with Crippen molar-refractivity contribution in [1.82, 2.24) is 0 Å². The van der Waals surface area contributed by atoms with Crippen molar-refractivity contribution in [3.8, 4) is 0 Å². The topological polar surface area (TPSA) is 78.9 Å². The first-order valence-electron chi connectivity index (χ1n) is 28.8. The summed E-state index contributed by atoms with van der Waals surface area (Å²) in [6.07, 6.45) is 63.1. The Morgan fingerprint density at radius 2 is 0.508 bits per heavy atom. The van der Waals surface area contributed by atoms with E-state index in [0.29, 0.717) is 19.3 Å². The quantitative estimate of drug-likeness (QED) is 0.0262. The lowest BCUT2D eigenvalue weighted by molar-refractivity contribution is -0.167. The largest absolute Gasteiger partial charge is 0.462 e. The highest BCUT2D eigenvalue weighted by Crippen LogP contribution is 2.16. The van der Waals surface area contributed by atoms with Crippen LogP contribution < -0.4 is 0 Å². The van der Waals surface area contributed by atoms with Gasteiger partial charge >= 0.3 is 17.9 Å². The Morgan fingerprint density at radius 1 is 0.292 bits per heavy atom. The van der Waals surface area contributed by atoms with Crippen molar-refractivity contribution in [1.29, 1.82) is 0 Å². The number of hydrogen-bond acceptors (Lipinski definition) is 6. The van der Waals surface area contributed by atoms with E-state index in [9.17, 15) is 14.4 Å². The molecule has 0 saturated carbocycles. The molecule has 0 saturated heterocycles. The number of ether oxygens (including phenoxy) is 3. The van der Waals surface area contributed by atoms with Crippen LogP contribution in [0, 0.1) is 0 Å².